The molecule has 2 heterocycles. The third kappa shape index (κ3) is 5.44. The highest BCUT2D eigenvalue weighted by atomic mass is 35.5. The first kappa shape index (κ1) is 21.5. The second-order valence-electron chi connectivity index (χ2n) is 7.12. The summed E-state index contributed by atoms with van der Waals surface area (Å²) < 4.78 is 40.3. The van der Waals surface area contributed by atoms with Gasteiger partial charge < -0.3 is 9.80 Å². The molecule has 1 aromatic heterocycles. The smallest absolute Gasteiger partial charge is 0.368 e. The second-order valence-corrected chi connectivity index (χ2v) is 7.56. The summed E-state index contributed by atoms with van der Waals surface area (Å²) in [5.41, 5.74) is 0.543. The largest absolute Gasteiger partial charge is 0.435 e. The number of piperazine rings is 1. The van der Waals surface area contributed by atoms with E-state index in [1.807, 2.05) is 31.2 Å². The van der Waals surface area contributed by atoms with Gasteiger partial charge in [0.1, 0.15) is 6.54 Å². The van der Waals surface area contributed by atoms with E-state index < -0.39 is 11.9 Å². The molecule has 0 saturated carbocycles. The van der Waals surface area contributed by atoms with E-state index in [9.17, 15) is 18.0 Å². The van der Waals surface area contributed by atoms with Gasteiger partial charge in [0.2, 0.25) is 5.91 Å². The Labute approximate surface area is 173 Å². The zero-order chi connectivity index (χ0) is 21.0. The van der Waals surface area contributed by atoms with Gasteiger partial charge in [-0.1, -0.05) is 24.9 Å². The van der Waals surface area contributed by atoms with Gasteiger partial charge in [-0.05, 0) is 43.2 Å². The molecule has 1 aliphatic heterocycles. The molecule has 29 heavy (non-hydrogen) atoms. The first-order valence-corrected chi connectivity index (χ1v) is 10.1. The molecule has 1 amide bonds. The molecule has 2 aromatic rings. The van der Waals surface area contributed by atoms with Crippen LogP contribution in [0.1, 0.15) is 31.2 Å². The van der Waals surface area contributed by atoms with Crippen LogP contribution in [0.15, 0.2) is 30.3 Å². The minimum atomic E-state index is -4.51. The Kier molecular flexibility index (Phi) is 6.72. The topological polar surface area (TPSA) is 41.4 Å². The molecule has 0 atom stereocenters. The van der Waals surface area contributed by atoms with Crippen molar-refractivity contribution in [1.82, 2.24) is 14.7 Å². The third-order valence-electron chi connectivity index (χ3n) is 5.05. The van der Waals surface area contributed by atoms with Gasteiger partial charge in [0.25, 0.3) is 0 Å². The van der Waals surface area contributed by atoms with Crippen LogP contribution in [-0.4, -0.2) is 46.8 Å². The number of unbranched alkanes of at least 4 members (excludes halogenated alkanes) is 1. The van der Waals surface area contributed by atoms with E-state index in [2.05, 4.69) is 10.00 Å². The Morgan fingerprint density at radius 3 is 2.38 bits per heavy atom. The molecule has 0 unspecified atom stereocenters. The molecular formula is C20H24ClF3N4O. The number of hydrogen-bond donors (Lipinski definition) is 0. The average molecular weight is 429 g/mol. The van der Waals surface area contributed by atoms with E-state index in [4.69, 9.17) is 11.6 Å². The maximum atomic E-state index is 13.0. The number of aromatic nitrogens is 2. The van der Waals surface area contributed by atoms with Crippen molar-refractivity contribution in [2.75, 3.05) is 31.1 Å². The monoisotopic (exact) mass is 428 g/mol. The van der Waals surface area contributed by atoms with Crippen LogP contribution in [0.2, 0.25) is 5.02 Å². The Bertz CT molecular complexity index is 827. The fourth-order valence-corrected chi connectivity index (χ4v) is 3.51. The first-order chi connectivity index (χ1) is 13.8. The lowest BCUT2D eigenvalue weighted by atomic mass is 10.2. The fourth-order valence-electron chi connectivity index (χ4n) is 3.38. The predicted octanol–water partition coefficient (Wildman–Crippen LogP) is 4.25. The molecule has 1 aliphatic rings. The quantitative estimate of drug-likeness (QED) is 0.690. The summed E-state index contributed by atoms with van der Waals surface area (Å²) in [6.07, 6.45) is -2.44. The summed E-state index contributed by atoms with van der Waals surface area (Å²) in [4.78, 5) is 16.5. The number of amides is 1. The number of anilines is 1. The number of aryl methyl sites for hydroxylation is 1. The Morgan fingerprint density at radius 1 is 1.14 bits per heavy atom. The van der Waals surface area contributed by atoms with Crippen molar-refractivity contribution in [3.05, 3.63) is 46.7 Å². The Hall–Kier alpha value is -2.22. The molecule has 1 fully saturated rings. The van der Waals surface area contributed by atoms with E-state index in [-0.39, 0.29) is 12.5 Å². The van der Waals surface area contributed by atoms with Gasteiger partial charge in [-0.3, -0.25) is 9.48 Å². The van der Waals surface area contributed by atoms with Crippen LogP contribution in [0.5, 0.6) is 0 Å². The first-order valence-electron chi connectivity index (χ1n) is 9.70. The molecule has 0 radical (unpaired) electrons. The van der Waals surface area contributed by atoms with E-state index in [0.717, 1.165) is 24.6 Å². The average Bonchev–Trinajstić information content (AvgIpc) is 3.10. The lowest BCUT2D eigenvalue weighted by molar-refractivity contribution is -0.142. The minimum Gasteiger partial charge on any atom is -0.368 e. The van der Waals surface area contributed by atoms with Crippen LogP contribution in [-0.2, 0) is 23.9 Å². The molecule has 158 valence electrons. The van der Waals surface area contributed by atoms with Gasteiger partial charge in [0.05, 0.1) is 0 Å². The molecule has 0 spiro atoms. The summed E-state index contributed by atoms with van der Waals surface area (Å²) >= 11 is 5.92. The Morgan fingerprint density at radius 2 is 1.79 bits per heavy atom. The van der Waals surface area contributed by atoms with Crippen molar-refractivity contribution in [2.45, 2.75) is 38.9 Å². The summed E-state index contributed by atoms with van der Waals surface area (Å²) in [5.74, 6) is -0.213. The molecule has 5 nitrogen and oxygen atoms in total. The predicted molar refractivity (Wildman–Crippen MR) is 106 cm³/mol. The lowest BCUT2D eigenvalue weighted by Gasteiger charge is -2.36. The number of carbonyl (C=O) groups excluding carboxylic acids is 1. The molecule has 9 heteroatoms. The van der Waals surface area contributed by atoms with Gasteiger partial charge in [-0.2, -0.15) is 18.3 Å². The lowest BCUT2D eigenvalue weighted by Crippen LogP contribution is -2.49. The zero-order valence-corrected chi connectivity index (χ0v) is 17.0. The van der Waals surface area contributed by atoms with Crippen LogP contribution >= 0.6 is 11.6 Å². The third-order valence-corrected chi connectivity index (χ3v) is 5.30. The summed E-state index contributed by atoms with van der Waals surface area (Å²) in [7, 11) is 0. The molecule has 1 aromatic carbocycles. The molecular weight excluding hydrogens is 405 g/mol. The minimum absolute atomic E-state index is 0.171. The number of carbonyl (C=O) groups is 1. The second kappa shape index (κ2) is 9.07. The highest BCUT2D eigenvalue weighted by Crippen LogP contribution is 2.29. The van der Waals surface area contributed by atoms with Crippen molar-refractivity contribution in [3.8, 4) is 0 Å². The molecule has 0 bridgehead atoms. The van der Waals surface area contributed by atoms with Crippen LogP contribution in [0, 0.1) is 0 Å². The van der Waals surface area contributed by atoms with Crippen molar-refractivity contribution >= 4 is 23.2 Å². The van der Waals surface area contributed by atoms with Gasteiger partial charge in [0, 0.05) is 42.6 Å². The van der Waals surface area contributed by atoms with Crippen LogP contribution in [0.25, 0.3) is 0 Å². The van der Waals surface area contributed by atoms with E-state index in [1.54, 1.807) is 4.90 Å². The van der Waals surface area contributed by atoms with E-state index in [1.165, 1.54) is 4.68 Å². The number of hydrogen-bond acceptors (Lipinski definition) is 3. The van der Waals surface area contributed by atoms with Gasteiger partial charge in [-0.25, -0.2) is 0 Å². The number of benzene rings is 1. The van der Waals surface area contributed by atoms with E-state index in [0.29, 0.717) is 43.3 Å². The maximum Gasteiger partial charge on any atom is 0.435 e. The number of rotatable bonds is 6. The molecule has 1 saturated heterocycles. The fraction of sp³-hybridized carbons (Fsp3) is 0.500. The SMILES string of the molecule is CCCCc1cc(C(F)(F)F)nn1CC(=O)N1CCN(c2ccc(Cl)cc2)CC1. The highest BCUT2D eigenvalue weighted by Gasteiger charge is 2.35. The van der Waals surface area contributed by atoms with Crippen molar-refractivity contribution in [3.63, 3.8) is 0 Å². The standard InChI is InChI=1S/C20H24ClF3N4O/c1-2-3-4-17-13-18(20(22,23)24)25-28(17)14-19(29)27-11-9-26(10-12-27)16-7-5-15(21)6-8-16/h5-8,13H,2-4,9-12,14H2,1H3. The van der Waals surface area contributed by atoms with E-state index >= 15 is 0 Å². The van der Waals surface area contributed by atoms with Crippen LogP contribution < -0.4 is 4.90 Å². The normalized spacial score (nSPS) is 15.1. The Balaban J connectivity index is 1.63. The van der Waals surface area contributed by atoms with Gasteiger partial charge >= 0.3 is 6.18 Å². The molecule has 0 N–H and O–H groups in total. The highest BCUT2D eigenvalue weighted by molar-refractivity contribution is 6.30. The van der Waals surface area contributed by atoms with Gasteiger partial charge in [-0.15, -0.1) is 0 Å². The van der Waals surface area contributed by atoms with Gasteiger partial charge in [0.15, 0.2) is 5.69 Å². The maximum absolute atomic E-state index is 13.0. The van der Waals surface area contributed by atoms with Crippen molar-refractivity contribution in [2.24, 2.45) is 0 Å². The summed E-state index contributed by atoms with van der Waals surface area (Å²) in [5, 5.41) is 4.33. The molecule has 3 rings (SSSR count). The molecule has 0 aliphatic carbocycles. The number of halogens is 4. The van der Waals surface area contributed by atoms with Crippen molar-refractivity contribution in [1.29, 1.82) is 0 Å². The summed E-state index contributed by atoms with van der Waals surface area (Å²) in [6, 6.07) is 8.57. The van der Waals surface area contributed by atoms with Crippen LogP contribution in [0.3, 0.4) is 0 Å². The van der Waals surface area contributed by atoms with Crippen LogP contribution in [0.4, 0.5) is 18.9 Å². The zero-order valence-electron chi connectivity index (χ0n) is 16.3. The van der Waals surface area contributed by atoms with Crippen molar-refractivity contribution < 1.29 is 18.0 Å². The number of alkyl halides is 3. The summed E-state index contributed by atoms with van der Waals surface area (Å²) in [6.45, 7) is 4.14. The number of nitrogens with zero attached hydrogens (tertiary/aromatic N) is 4.